The van der Waals surface area contributed by atoms with Crippen LogP contribution in [0, 0.1) is 0 Å². The summed E-state index contributed by atoms with van der Waals surface area (Å²) in [5.41, 5.74) is 1.80. The number of anilines is 1. The molecule has 2 amide bonds. The maximum Gasteiger partial charge on any atom is 0.278 e. The molecule has 0 fully saturated rings. The van der Waals surface area contributed by atoms with Crippen LogP contribution >= 0.6 is 0 Å². The van der Waals surface area contributed by atoms with Gasteiger partial charge in [0.1, 0.15) is 17.2 Å². The van der Waals surface area contributed by atoms with Crippen LogP contribution in [-0.4, -0.2) is 50.7 Å². The Kier molecular flexibility index (Phi) is 7.08. The molecule has 158 valence electrons. The molecule has 30 heavy (non-hydrogen) atoms. The lowest BCUT2D eigenvalue weighted by Crippen LogP contribution is -2.34. The average Bonchev–Trinajstić information content (AvgIpc) is 3.01. The fourth-order valence-electron chi connectivity index (χ4n) is 3.27. The summed E-state index contributed by atoms with van der Waals surface area (Å²) in [6.07, 6.45) is 0.573. The highest BCUT2D eigenvalue weighted by molar-refractivity contribution is 6.36. The highest BCUT2D eigenvalue weighted by Gasteiger charge is 2.39. The molecule has 3 rings (SSSR count). The highest BCUT2D eigenvalue weighted by atomic mass is 16.5. The van der Waals surface area contributed by atoms with Gasteiger partial charge in [-0.05, 0) is 43.2 Å². The summed E-state index contributed by atoms with van der Waals surface area (Å²) in [6.45, 7) is 3.28. The summed E-state index contributed by atoms with van der Waals surface area (Å²) in [6, 6.07) is 14.3. The van der Waals surface area contributed by atoms with E-state index in [-0.39, 0.29) is 24.1 Å². The van der Waals surface area contributed by atoms with Crippen molar-refractivity contribution in [3.8, 4) is 11.5 Å². The number of carbonyl (C=O) groups excluding carboxylic acids is 2. The number of rotatable bonds is 10. The standard InChI is InChI=1S/C23H26N2O5/c1-4-30-15-7-14-25-22(26)20(16-10-12-17(28-2)13-11-16)21(23(25)27)24-18-8-5-6-9-19(18)29-3/h5-6,8-13,24H,4,7,14-15H2,1-3H3. The second-order valence-electron chi connectivity index (χ2n) is 6.62. The fourth-order valence-corrected chi connectivity index (χ4v) is 3.27. The number of hydrogen-bond acceptors (Lipinski definition) is 6. The molecule has 7 heteroatoms. The molecule has 0 atom stereocenters. The molecular weight excluding hydrogens is 384 g/mol. The summed E-state index contributed by atoms with van der Waals surface area (Å²) in [4.78, 5) is 27.6. The zero-order valence-electron chi connectivity index (χ0n) is 17.4. The van der Waals surface area contributed by atoms with Crippen molar-refractivity contribution in [3.05, 3.63) is 59.8 Å². The van der Waals surface area contributed by atoms with Gasteiger partial charge < -0.3 is 19.5 Å². The van der Waals surface area contributed by atoms with Gasteiger partial charge in [0.05, 0.1) is 25.5 Å². The van der Waals surface area contributed by atoms with E-state index in [9.17, 15) is 9.59 Å². The second kappa shape index (κ2) is 9.93. The smallest absolute Gasteiger partial charge is 0.278 e. The first kappa shape index (κ1) is 21.4. The lowest BCUT2D eigenvalue weighted by Gasteiger charge is -2.15. The Balaban J connectivity index is 1.97. The minimum absolute atomic E-state index is 0.228. The molecule has 1 heterocycles. The zero-order chi connectivity index (χ0) is 21.5. The van der Waals surface area contributed by atoms with Crippen LogP contribution in [0.25, 0.3) is 5.57 Å². The van der Waals surface area contributed by atoms with E-state index in [1.54, 1.807) is 50.6 Å². The van der Waals surface area contributed by atoms with Crippen molar-refractivity contribution in [3.63, 3.8) is 0 Å². The fraction of sp³-hybridized carbons (Fsp3) is 0.304. The minimum atomic E-state index is -0.367. The topological polar surface area (TPSA) is 77.1 Å². The molecule has 0 spiro atoms. The third-order valence-corrected chi connectivity index (χ3v) is 4.79. The van der Waals surface area contributed by atoms with Crippen LogP contribution in [0.2, 0.25) is 0 Å². The Morgan fingerprint density at radius 3 is 2.33 bits per heavy atom. The van der Waals surface area contributed by atoms with E-state index in [1.165, 1.54) is 4.90 Å². The van der Waals surface area contributed by atoms with Gasteiger partial charge >= 0.3 is 0 Å². The Bertz CT molecular complexity index is 937. The van der Waals surface area contributed by atoms with Gasteiger partial charge in [-0.25, -0.2) is 0 Å². The molecule has 2 aromatic carbocycles. The van der Waals surface area contributed by atoms with Crippen LogP contribution in [0.1, 0.15) is 18.9 Å². The first-order valence-electron chi connectivity index (χ1n) is 9.83. The monoisotopic (exact) mass is 410 g/mol. The van der Waals surface area contributed by atoms with Crippen molar-refractivity contribution in [2.45, 2.75) is 13.3 Å². The molecule has 7 nitrogen and oxygen atoms in total. The van der Waals surface area contributed by atoms with Crippen LogP contribution in [0.15, 0.2) is 54.2 Å². The van der Waals surface area contributed by atoms with Gasteiger partial charge in [0, 0.05) is 19.8 Å². The number of amides is 2. The van der Waals surface area contributed by atoms with E-state index >= 15 is 0 Å². The molecule has 0 bridgehead atoms. The van der Waals surface area contributed by atoms with E-state index in [0.29, 0.717) is 48.0 Å². The van der Waals surface area contributed by atoms with Crippen molar-refractivity contribution in [1.29, 1.82) is 0 Å². The van der Waals surface area contributed by atoms with E-state index in [0.717, 1.165) is 0 Å². The first-order chi connectivity index (χ1) is 14.6. The number of methoxy groups -OCH3 is 2. The molecular formula is C23H26N2O5. The van der Waals surface area contributed by atoms with Gasteiger partial charge in [-0.1, -0.05) is 24.3 Å². The summed E-state index contributed by atoms with van der Waals surface area (Å²) < 4.78 is 15.9. The van der Waals surface area contributed by atoms with Gasteiger partial charge in [0.2, 0.25) is 0 Å². The van der Waals surface area contributed by atoms with E-state index in [1.807, 2.05) is 19.1 Å². The van der Waals surface area contributed by atoms with Crippen LogP contribution in [0.3, 0.4) is 0 Å². The van der Waals surface area contributed by atoms with Crippen LogP contribution in [0.4, 0.5) is 5.69 Å². The van der Waals surface area contributed by atoms with Gasteiger partial charge in [0.25, 0.3) is 11.8 Å². The number of nitrogens with zero attached hydrogens (tertiary/aromatic N) is 1. The maximum absolute atomic E-state index is 13.2. The number of benzene rings is 2. The van der Waals surface area contributed by atoms with Crippen molar-refractivity contribution < 1.29 is 23.8 Å². The van der Waals surface area contributed by atoms with Crippen LogP contribution in [0.5, 0.6) is 11.5 Å². The molecule has 1 aliphatic heterocycles. The quantitative estimate of drug-likeness (QED) is 0.478. The first-order valence-corrected chi connectivity index (χ1v) is 9.83. The normalized spacial score (nSPS) is 13.8. The van der Waals surface area contributed by atoms with Crippen LogP contribution < -0.4 is 14.8 Å². The number of para-hydroxylation sites is 2. The molecule has 0 aliphatic carbocycles. The second-order valence-corrected chi connectivity index (χ2v) is 6.62. The minimum Gasteiger partial charge on any atom is -0.497 e. The number of hydrogen-bond donors (Lipinski definition) is 1. The molecule has 1 aliphatic rings. The summed E-state index contributed by atoms with van der Waals surface area (Å²) in [5.74, 6) is 0.547. The Morgan fingerprint density at radius 2 is 1.67 bits per heavy atom. The molecule has 1 N–H and O–H groups in total. The van der Waals surface area contributed by atoms with Gasteiger partial charge in [-0.2, -0.15) is 0 Å². The number of nitrogens with one attached hydrogen (secondary N) is 1. The predicted octanol–water partition coefficient (Wildman–Crippen LogP) is 3.32. The molecule has 0 saturated heterocycles. The summed E-state index contributed by atoms with van der Waals surface area (Å²) >= 11 is 0. The lowest BCUT2D eigenvalue weighted by molar-refractivity contribution is -0.137. The molecule has 0 radical (unpaired) electrons. The molecule has 2 aromatic rings. The third-order valence-electron chi connectivity index (χ3n) is 4.79. The number of imide groups is 1. The van der Waals surface area contributed by atoms with Gasteiger partial charge in [-0.15, -0.1) is 0 Å². The Hall–Kier alpha value is -3.32. The van der Waals surface area contributed by atoms with E-state index in [2.05, 4.69) is 5.32 Å². The molecule has 0 unspecified atom stereocenters. The largest absolute Gasteiger partial charge is 0.497 e. The lowest BCUT2D eigenvalue weighted by atomic mass is 10.0. The van der Waals surface area contributed by atoms with Gasteiger partial charge in [-0.3, -0.25) is 14.5 Å². The SMILES string of the molecule is CCOCCCN1C(=O)C(Nc2ccccc2OC)=C(c2ccc(OC)cc2)C1=O. The molecule has 0 saturated carbocycles. The van der Waals surface area contributed by atoms with E-state index in [4.69, 9.17) is 14.2 Å². The van der Waals surface area contributed by atoms with Crippen molar-refractivity contribution in [2.75, 3.05) is 39.3 Å². The van der Waals surface area contributed by atoms with Crippen molar-refractivity contribution >= 4 is 23.1 Å². The third kappa shape index (κ3) is 4.46. The number of ether oxygens (including phenoxy) is 3. The molecule has 0 aromatic heterocycles. The Morgan fingerprint density at radius 1 is 0.933 bits per heavy atom. The van der Waals surface area contributed by atoms with Crippen molar-refractivity contribution in [1.82, 2.24) is 4.90 Å². The number of carbonyl (C=O) groups is 2. The van der Waals surface area contributed by atoms with E-state index < -0.39 is 0 Å². The van der Waals surface area contributed by atoms with Crippen molar-refractivity contribution in [2.24, 2.45) is 0 Å². The Labute approximate surface area is 176 Å². The summed E-state index contributed by atoms with van der Waals surface area (Å²) in [7, 11) is 3.13. The predicted molar refractivity (Wildman–Crippen MR) is 114 cm³/mol. The highest BCUT2D eigenvalue weighted by Crippen LogP contribution is 2.33. The maximum atomic E-state index is 13.2. The summed E-state index contributed by atoms with van der Waals surface area (Å²) in [5, 5.41) is 3.13. The van der Waals surface area contributed by atoms with Gasteiger partial charge in [0.15, 0.2) is 0 Å². The zero-order valence-corrected chi connectivity index (χ0v) is 17.4. The van der Waals surface area contributed by atoms with Crippen LogP contribution in [-0.2, 0) is 14.3 Å². The average molecular weight is 410 g/mol.